The van der Waals surface area contributed by atoms with E-state index in [1.807, 2.05) is 0 Å². The largest absolute Gasteiger partial charge is 1.00 e. The van der Waals surface area contributed by atoms with E-state index in [0.29, 0.717) is 6.42 Å². The quantitative estimate of drug-likeness (QED) is 0.167. The van der Waals surface area contributed by atoms with Crippen molar-refractivity contribution >= 4 is 10.1 Å². The molecule has 0 spiro atoms. The van der Waals surface area contributed by atoms with Gasteiger partial charge in [0.2, 0.25) is 0 Å². The van der Waals surface area contributed by atoms with Crippen LogP contribution in [0.4, 0.5) is 0 Å². The Morgan fingerprint density at radius 1 is 0.643 bits per heavy atom. The van der Waals surface area contributed by atoms with Crippen LogP contribution in [0.15, 0.2) is 0 Å². The van der Waals surface area contributed by atoms with E-state index in [9.17, 15) is 18.1 Å². The van der Waals surface area contributed by atoms with Gasteiger partial charge in [0.05, 0.1) is 16.2 Å². The van der Waals surface area contributed by atoms with E-state index in [4.69, 9.17) is 0 Å². The van der Waals surface area contributed by atoms with Crippen molar-refractivity contribution in [2.24, 2.45) is 0 Å². The van der Waals surface area contributed by atoms with Crippen molar-refractivity contribution in [2.75, 3.05) is 5.75 Å². The number of unbranched alkanes of at least 4 members (excludes halogenated alkanes) is 15. The van der Waals surface area contributed by atoms with Crippen LogP contribution in [-0.4, -0.2) is 29.9 Å². The smallest absolute Gasteiger partial charge is 0.748 e. The third-order valence-corrected chi connectivity index (χ3v) is 6.11. The molecule has 0 rings (SSSR count). The maximum atomic E-state index is 10.5. The minimum Gasteiger partial charge on any atom is -0.748 e. The third kappa shape index (κ3) is 27.5. The van der Waals surface area contributed by atoms with Gasteiger partial charge in [0.15, 0.2) is 0 Å². The zero-order valence-electron chi connectivity index (χ0n) is 18.8. The van der Waals surface area contributed by atoms with Gasteiger partial charge in [-0.25, -0.2) is 8.42 Å². The summed E-state index contributed by atoms with van der Waals surface area (Å²) in [6.07, 6.45) is 21.8. The predicted molar refractivity (Wildman–Crippen MR) is 114 cm³/mol. The van der Waals surface area contributed by atoms with E-state index in [1.54, 1.807) is 0 Å². The van der Waals surface area contributed by atoms with E-state index in [1.165, 1.54) is 64.2 Å². The van der Waals surface area contributed by atoms with E-state index in [-0.39, 0.29) is 63.2 Å². The van der Waals surface area contributed by atoms with Crippen molar-refractivity contribution in [1.82, 2.24) is 0 Å². The summed E-state index contributed by atoms with van der Waals surface area (Å²) in [7, 11) is -4.04. The molecular weight excluding hydrogens is 399 g/mol. The molecule has 0 aromatic heterocycles. The molecule has 0 fully saturated rings. The normalized spacial score (nSPS) is 12.7. The van der Waals surface area contributed by atoms with Crippen LogP contribution in [0, 0.1) is 0 Å². The summed E-state index contributed by atoms with van der Waals surface area (Å²) in [5.41, 5.74) is 0. The Morgan fingerprint density at radius 2 is 0.964 bits per heavy atom. The van der Waals surface area contributed by atoms with Crippen LogP contribution in [0.5, 0.6) is 0 Å². The summed E-state index contributed by atoms with van der Waals surface area (Å²) in [5, 5.41) is 10.0. The average Bonchev–Trinajstić information content (AvgIpc) is 2.61. The third-order valence-electron chi connectivity index (χ3n) is 5.32. The molecule has 164 valence electrons. The second-order valence-corrected chi connectivity index (χ2v) is 9.67. The molecule has 0 aromatic carbocycles. The van der Waals surface area contributed by atoms with Crippen LogP contribution in [0.2, 0.25) is 0 Å². The van der Waals surface area contributed by atoms with Crippen LogP contribution in [0.25, 0.3) is 0 Å². The van der Waals surface area contributed by atoms with Crippen LogP contribution in [0.1, 0.15) is 129 Å². The Kier molecular flexibility index (Phi) is 26.2. The van der Waals surface area contributed by atoms with Crippen LogP contribution < -0.4 is 51.4 Å². The van der Waals surface area contributed by atoms with E-state index >= 15 is 0 Å². The molecule has 0 aliphatic heterocycles. The van der Waals surface area contributed by atoms with Crippen molar-refractivity contribution in [3.05, 3.63) is 0 Å². The molecule has 0 saturated carbocycles. The number of hydrogen-bond donors (Lipinski definition) is 1. The van der Waals surface area contributed by atoms with Gasteiger partial charge in [0.25, 0.3) is 0 Å². The van der Waals surface area contributed by atoms with Gasteiger partial charge in [0.1, 0.15) is 0 Å². The fraction of sp³-hybridized carbons (Fsp3) is 1.00. The van der Waals surface area contributed by atoms with Crippen LogP contribution >= 0.6 is 0 Å². The summed E-state index contributed by atoms with van der Waals surface area (Å²) < 4.78 is 31.4. The fourth-order valence-electron chi connectivity index (χ4n) is 3.55. The summed E-state index contributed by atoms with van der Waals surface area (Å²) in [6, 6.07) is 0. The Bertz CT molecular complexity index is 401. The topological polar surface area (TPSA) is 77.4 Å². The van der Waals surface area contributed by atoms with E-state index in [2.05, 4.69) is 6.92 Å². The summed E-state index contributed by atoms with van der Waals surface area (Å²) in [4.78, 5) is 0. The number of rotatable bonds is 21. The van der Waals surface area contributed by atoms with Gasteiger partial charge in [-0.1, -0.05) is 110 Å². The van der Waals surface area contributed by atoms with E-state index < -0.39 is 10.1 Å². The molecule has 0 amide bonds. The molecule has 0 radical (unpaired) electrons. The first-order chi connectivity index (χ1) is 13.0. The Balaban J connectivity index is 0. The molecule has 0 bridgehead atoms. The average molecular weight is 445 g/mol. The number of aliphatic hydroxyl groups excluding tert-OH is 1. The first-order valence-corrected chi connectivity index (χ1v) is 13.1. The first-order valence-electron chi connectivity index (χ1n) is 11.6. The molecule has 0 aromatic rings. The SMILES string of the molecule is CCCCCCCCCCCCCC(O)CCCCCCCCS(=O)(=O)[O-].[K+]. The molecule has 0 saturated heterocycles. The zero-order valence-corrected chi connectivity index (χ0v) is 22.7. The number of aliphatic hydroxyl groups is 1. The minimum absolute atomic E-state index is 0. The zero-order chi connectivity index (χ0) is 20.2. The Morgan fingerprint density at radius 3 is 1.32 bits per heavy atom. The standard InChI is InChI=1S/C22H46O4S.K/c1-2-3-4-5-6-7-8-9-10-13-16-19-22(23)20-17-14-11-12-15-18-21-27(24,25)26;/h22-23H,2-21H2,1H3,(H,24,25,26);/q;+1/p-1. The molecule has 6 heteroatoms. The summed E-state index contributed by atoms with van der Waals surface area (Å²) in [5.74, 6) is -0.231. The molecule has 1 atom stereocenters. The van der Waals surface area contributed by atoms with Crippen molar-refractivity contribution in [2.45, 2.75) is 135 Å². The summed E-state index contributed by atoms with van der Waals surface area (Å²) in [6.45, 7) is 2.26. The molecule has 1 N–H and O–H groups in total. The molecule has 4 nitrogen and oxygen atoms in total. The molecular formula is C22H45KO4S. The van der Waals surface area contributed by atoms with Gasteiger partial charge >= 0.3 is 51.4 Å². The molecule has 28 heavy (non-hydrogen) atoms. The van der Waals surface area contributed by atoms with Gasteiger partial charge in [-0.05, 0) is 19.3 Å². The second-order valence-electron chi connectivity index (χ2n) is 8.15. The minimum atomic E-state index is -4.04. The van der Waals surface area contributed by atoms with Gasteiger partial charge in [-0.3, -0.25) is 0 Å². The van der Waals surface area contributed by atoms with Crippen LogP contribution in [0.3, 0.4) is 0 Å². The van der Waals surface area contributed by atoms with Crippen molar-refractivity contribution in [1.29, 1.82) is 0 Å². The monoisotopic (exact) mass is 444 g/mol. The summed E-state index contributed by atoms with van der Waals surface area (Å²) >= 11 is 0. The maximum Gasteiger partial charge on any atom is 1.00 e. The molecule has 0 aliphatic carbocycles. The Labute approximate surface area is 218 Å². The fourth-order valence-corrected chi connectivity index (χ4v) is 4.11. The van der Waals surface area contributed by atoms with Gasteiger partial charge < -0.3 is 9.66 Å². The molecule has 1 unspecified atom stereocenters. The van der Waals surface area contributed by atoms with E-state index in [0.717, 1.165) is 51.4 Å². The van der Waals surface area contributed by atoms with Gasteiger partial charge in [-0.15, -0.1) is 0 Å². The number of hydrogen-bond acceptors (Lipinski definition) is 4. The first kappa shape index (κ1) is 31.7. The molecule has 0 aliphatic rings. The van der Waals surface area contributed by atoms with Crippen molar-refractivity contribution in [3.63, 3.8) is 0 Å². The maximum absolute atomic E-state index is 10.5. The predicted octanol–water partition coefficient (Wildman–Crippen LogP) is 3.33. The molecule has 0 heterocycles. The van der Waals surface area contributed by atoms with Gasteiger partial charge in [0, 0.05) is 5.75 Å². The second kappa shape index (κ2) is 23.2. The Hall–Kier alpha value is 1.51. The van der Waals surface area contributed by atoms with Crippen molar-refractivity contribution < 1.29 is 69.5 Å². The van der Waals surface area contributed by atoms with Gasteiger partial charge in [-0.2, -0.15) is 0 Å². The van der Waals surface area contributed by atoms with Crippen molar-refractivity contribution in [3.8, 4) is 0 Å². The van der Waals surface area contributed by atoms with Crippen LogP contribution in [-0.2, 0) is 10.1 Å².